The molecular formula is C16H34N4O2. The zero-order valence-electron chi connectivity index (χ0n) is 13.9. The first-order valence-electron chi connectivity index (χ1n) is 8.05. The maximum Gasteiger partial charge on any atom is 0.0701 e. The minimum Gasteiger partial charge on any atom is -0.385 e. The van der Waals surface area contributed by atoms with Gasteiger partial charge in [0.15, 0.2) is 0 Å². The minimum atomic E-state index is 0.510. The van der Waals surface area contributed by atoms with Crippen LogP contribution in [0.2, 0.25) is 0 Å². The van der Waals surface area contributed by atoms with Gasteiger partial charge in [-0.3, -0.25) is 0 Å². The number of hydrogen-bond acceptors (Lipinski definition) is 6. The summed E-state index contributed by atoms with van der Waals surface area (Å²) in [6.45, 7) is 13.9. The molecule has 0 aromatic heterocycles. The van der Waals surface area contributed by atoms with E-state index in [-0.39, 0.29) is 0 Å². The normalized spacial score (nSPS) is 10.6. The molecule has 0 aliphatic carbocycles. The summed E-state index contributed by atoms with van der Waals surface area (Å²) in [4.78, 5) is 0. The SMILES string of the molecule is C=C(CN)CNCC(=C)NCCOCCOCCCCCN. The van der Waals surface area contributed by atoms with Crippen LogP contribution in [0, 0.1) is 0 Å². The summed E-state index contributed by atoms with van der Waals surface area (Å²) in [5.74, 6) is 0. The molecule has 0 spiro atoms. The summed E-state index contributed by atoms with van der Waals surface area (Å²) in [6, 6.07) is 0. The lowest BCUT2D eigenvalue weighted by Crippen LogP contribution is -2.29. The smallest absolute Gasteiger partial charge is 0.0701 e. The van der Waals surface area contributed by atoms with Crippen LogP contribution in [-0.4, -0.2) is 59.2 Å². The van der Waals surface area contributed by atoms with Gasteiger partial charge in [-0.15, -0.1) is 0 Å². The van der Waals surface area contributed by atoms with Crippen molar-refractivity contribution in [2.24, 2.45) is 11.5 Å². The van der Waals surface area contributed by atoms with Crippen molar-refractivity contribution < 1.29 is 9.47 Å². The first kappa shape index (κ1) is 21.1. The summed E-state index contributed by atoms with van der Waals surface area (Å²) >= 11 is 0. The molecule has 0 saturated heterocycles. The number of hydrogen-bond donors (Lipinski definition) is 4. The Morgan fingerprint density at radius 2 is 1.59 bits per heavy atom. The summed E-state index contributed by atoms with van der Waals surface area (Å²) in [5.41, 5.74) is 12.8. The Balaban J connectivity index is 3.18. The quantitative estimate of drug-likeness (QED) is 0.229. The van der Waals surface area contributed by atoms with Gasteiger partial charge < -0.3 is 31.6 Å². The van der Waals surface area contributed by atoms with Gasteiger partial charge in [0.2, 0.25) is 0 Å². The molecule has 0 aliphatic heterocycles. The number of rotatable bonds is 17. The van der Waals surface area contributed by atoms with Crippen LogP contribution in [0.3, 0.4) is 0 Å². The molecule has 0 radical (unpaired) electrons. The van der Waals surface area contributed by atoms with E-state index in [1.54, 1.807) is 0 Å². The van der Waals surface area contributed by atoms with Crippen molar-refractivity contribution in [3.8, 4) is 0 Å². The number of nitrogens with one attached hydrogen (secondary N) is 2. The van der Waals surface area contributed by atoms with E-state index in [2.05, 4.69) is 23.8 Å². The Bertz CT molecular complexity index is 285. The highest BCUT2D eigenvalue weighted by Gasteiger charge is 1.95. The predicted octanol–water partition coefficient (Wildman–Crippen LogP) is 0.356. The van der Waals surface area contributed by atoms with Gasteiger partial charge >= 0.3 is 0 Å². The minimum absolute atomic E-state index is 0.510. The molecular weight excluding hydrogens is 280 g/mol. The van der Waals surface area contributed by atoms with Gasteiger partial charge in [0.05, 0.1) is 19.8 Å². The third-order valence-corrected chi connectivity index (χ3v) is 2.99. The average molecular weight is 314 g/mol. The average Bonchev–Trinajstić information content (AvgIpc) is 2.52. The summed E-state index contributed by atoms with van der Waals surface area (Å²) in [5, 5.41) is 6.42. The lowest BCUT2D eigenvalue weighted by molar-refractivity contribution is 0.0479. The Kier molecular flexibility index (Phi) is 15.8. The Morgan fingerprint density at radius 1 is 0.864 bits per heavy atom. The molecule has 0 heterocycles. The van der Waals surface area contributed by atoms with Gasteiger partial charge in [0.1, 0.15) is 0 Å². The fourth-order valence-corrected chi connectivity index (χ4v) is 1.67. The largest absolute Gasteiger partial charge is 0.385 e. The predicted molar refractivity (Wildman–Crippen MR) is 92.8 cm³/mol. The molecule has 0 saturated carbocycles. The second kappa shape index (κ2) is 16.5. The first-order valence-corrected chi connectivity index (χ1v) is 8.05. The molecule has 22 heavy (non-hydrogen) atoms. The van der Waals surface area contributed by atoms with E-state index in [0.29, 0.717) is 32.9 Å². The monoisotopic (exact) mass is 314 g/mol. The second-order valence-corrected chi connectivity index (χ2v) is 5.16. The molecule has 0 amide bonds. The lowest BCUT2D eigenvalue weighted by atomic mass is 10.2. The topological polar surface area (TPSA) is 94.6 Å². The second-order valence-electron chi connectivity index (χ2n) is 5.16. The van der Waals surface area contributed by atoms with Crippen molar-refractivity contribution >= 4 is 0 Å². The Labute approximate surface area is 135 Å². The number of nitrogens with two attached hydrogens (primary N) is 2. The van der Waals surface area contributed by atoms with Crippen LogP contribution in [0.4, 0.5) is 0 Å². The van der Waals surface area contributed by atoms with Crippen molar-refractivity contribution in [3.05, 3.63) is 24.4 Å². The fraction of sp³-hybridized carbons (Fsp3) is 0.750. The van der Waals surface area contributed by atoms with Crippen molar-refractivity contribution in [1.82, 2.24) is 10.6 Å². The highest BCUT2D eigenvalue weighted by molar-refractivity contribution is 5.00. The molecule has 6 nitrogen and oxygen atoms in total. The van der Waals surface area contributed by atoms with Gasteiger partial charge in [0, 0.05) is 38.5 Å². The molecule has 0 aliphatic rings. The molecule has 0 rings (SSSR count). The summed E-state index contributed by atoms with van der Waals surface area (Å²) in [7, 11) is 0. The molecule has 0 aromatic carbocycles. The van der Waals surface area contributed by atoms with Gasteiger partial charge in [0.25, 0.3) is 0 Å². The number of unbranched alkanes of at least 4 members (excludes halogenated alkanes) is 2. The van der Waals surface area contributed by atoms with Gasteiger partial charge in [-0.05, 0) is 25.8 Å². The molecule has 6 heteroatoms. The summed E-state index contributed by atoms with van der Waals surface area (Å²) in [6.07, 6.45) is 3.28. The van der Waals surface area contributed by atoms with E-state index in [1.165, 1.54) is 0 Å². The van der Waals surface area contributed by atoms with E-state index >= 15 is 0 Å². The zero-order valence-corrected chi connectivity index (χ0v) is 13.9. The van der Waals surface area contributed by atoms with E-state index in [4.69, 9.17) is 20.9 Å². The van der Waals surface area contributed by atoms with Gasteiger partial charge in [-0.1, -0.05) is 18.7 Å². The highest BCUT2D eigenvalue weighted by Crippen LogP contribution is 1.93. The molecule has 0 aromatic rings. The van der Waals surface area contributed by atoms with E-state index in [1.807, 2.05) is 0 Å². The Hall–Kier alpha value is -0.920. The summed E-state index contributed by atoms with van der Waals surface area (Å²) < 4.78 is 10.9. The zero-order chi connectivity index (χ0) is 16.5. The Morgan fingerprint density at radius 3 is 2.27 bits per heavy atom. The molecule has 130 valence electrons. The van der Waals surface area contributed by atoms with Crippen LogP contribution in [0.5, 0.6) is 0 Å². The van der Waals surface area contributed by atoms with Crippen LogP contribution in [0.1, 0.15) is 19.3 Å². The van der Waals surface area contributed by atoms with Gasteiger partial charge in [-0.25, -0.2) is 0 Å². The standard InChI is InChI=1S/C16H34N4O2/c1-15(12-18)13-19-14-16(2)20-7-9-22-11-10-21-8-5-3-4-6-17/h19-20H,1-14,17-18H2. The van der Waals surface area contributed by atoms with Crippen molar-refractivity contribution in [3.63, 3.8) is 0 Å². The highest BCUT2D eigenvalue weighted by atomic mass is 16.5. The first-order chi connectivity index (χ1) is 10.7. The molecule has 6 N–H and O–H groups in total. The molecule has 0 fully saturated rings. The van der Waals surface area contributed by atoms with Crippen molar-refractivity contribution in [1.29, 1.82) is 0 Å². The van der Waals surface area contributed by atoms with Crippen LogP contribution in [0.15, 0.2) is 24.4 Å². The van der Waals surface area contributed by atoms with Crippen LogP contribution in [0.25, 0.3) is 0 Å². The maximum atomic E-state index is 5.47. The fourth-order valence-electron chi connectivity index (χ4n) is 1.67. The van der Waals surface area contributed by atoms with E-state index < -0.39 is 0 Å². The molecule has 0 bridgehead atoms. The van der Waals surface area contributed by atoms with Gasteiger partial charge in [-0.2, -0.15) is 0 Å². The lowest BCUT2D eigenvalue weighted by Gasteiger charge is -2.11. The number of ether oxygens (including phenoxy) is 2. The van der Waals surface area contributed by atoms with Crippen LogP contribution in [-0.2, 0) is 9.47 Å². The van der Waals surface area contributed by atoms with Crippen LogP contribution >= 0.6 is 0 Å². The third-order valence-electron chi connectivity index (χ3n) is 2.99. The van der Waals surface area contributed by atoms with Crippen molar-refractivity contribution in [2.45, 2.75) is 19.3 Å². The van der Waals surface area contributed by atoms with E-state index in [9.17, 15) is 0 Å². The molecule has 0 unspecified atom stereocenters. The van der Waals surface area contributed by atoms with Crippen LogP contribution < -0.4 is 22.1 Å². The van der Waals surface area contributed by atoms with E-state index in [0.717, 1.165) is 56.8 Å². The van der Waals surface area contributed by atoms with Crippen molar-refractivity contribution in [2.75, 3.05) is 59.2 Å². The molecule has 0 atom stereocenters. The maximum absolute atomic E-state index is 5.47. The third kappa shape index (κ3) is 15.5.